The van der Waals surface area contributed by atoms with Gasteiger partial charge in [-0.1, -0.05) is 12.1 Å². The monoisotopic (exact) mass is 290 g/mol. The highest BCUT2D eigenvalue weighted by atomic mass is 16.4. The van der Waals surface area contributed by atoms with Crippen LogP contribution in [0.4, 0.5) is 0 Å². The number of hydrogen-bond acceptors (Lipinski definition) is 3. The van der Waals surface area contributed by atoms with Gasteiger partial charge in [0.15, 0.2) is 0 Å². The topological polar surface area (TPSA) is 86.7 Å². The van der Waals surface area contributed by atoms with E-state index in [1.165, 1.54) is 25.1 Å². The number of rotatable bonds is 5. The standard InChI is InChI=1S/C15H18N2O4/c1-10-11(7-8-14(19)20)5-4-6-12(10)15(21)17(3)9-13(18)16-2/h4-8H,9H2,1-3H3,(H,16,18)(H,19,20). The Morgan fingerprint density at radius 3 is 2.57 bits per heavy atom. The number of likely N-dealkylation sites (N-methyl/N-ethyl adjacent to an activating group) is 2. The molecule has 0 heterocycles. The molecular formula is C15H18N2O4. The molecule has 0 bridgehead atoms. The Balaban J connectivity index is 3.03. The maximum Gasteiger partial charge on any atom is 0.328 e. The Bertz CT molecular complexity index is 593. The first-order chi connectivity index (χ1) is 9.86. The summed E-state index contributed by atoms with van der Waals surface area (Å²) < 4.78 is 0. The van der Waals surface area contributed by atoms with Crippen LogP contribution in [0.15, 0.2) is 24.3 Å². The molecule has 0 radical (unpaired) electrons. The molecule has 0 aliphatic rings. The molecule has 2 amide bonds. The van der Waals surface area contributed by atoms with E-state index in [1.807, 2.05) is 0 Å². The molecule has 1 aromatic rings. The molecule has 0 aliphatic heterocycles. The Morgan fingerprint density at radius 1 is 1.33 bits per heavy atom. The molecule has 1 aromatic carbocycles. The van der Waals surface area contributed by atoms with Crippen LogP contribution in [0, 0.1) is 6.92 Å². The van der Waals surface area contributed by atoms with Gasteiger partial charge in [0.25, 0.3) is 5.91 Å². The summed E-state index contributed by atoms with van der Waals surface area (Å²) in [6.07, 6.45) is 2.46. The molecule has 0 atom stereocenters. The summed E-state index contributed by atoms with van der Waals surface area (Å²) in [7, 11) is 3.04. The third kappa shape index (κ3) is 4.45. The number of hydrogen-bond donors (Lipinski definition) is 2. The first-order valence-corrected chi connectivity index (χ1v) is 6.33. The Morgan fingerprint density at radius 2 is 2.00 bits per heavy atom. The van der Waals surface area contributed by atoms with Gasteiger partial charge < -0.3 is 15.3 Å². The number of carboxylic acids is 1. The lowest BCUT2D eigenvalue weighted by Crippen LogP contribution is -2.37. The van der Waals surface area contributed by atoms with Crippen LogP contribution >= 0.6 is 0 Å². The van der Waals surface area contributed by atoms with E-state index in [1.54, 1.807) is 25.1 Å². The van der Waals surface area contributed by atoms with Crippen molar-refractivity contribution in [2.24, 2.45) is 0 Å². The summed E-state index contributed by atoms with van der Waals surface area (Å²) in [5.74, 6) is -1.60. The summed E-state index contributed by atoms with van der Waals surface area (Å²) >= 11 is 0. The van der Waals surface area contributed by atoms with Crippen molar-refractivity contribution in [2.75, 3.05) is 20.6 Å². The second kappa shape index (κ2) is 7.23. The minimum atomic E-state index is -1.05. The smallest absolute Gasteiger partial charge is 0.328 e. The lowest BCUT2D eigenvalue weighted by molar-refractivity contribution is -0.131. The van der Waals surface area contributed by atoms with E-state index in [0.717, 1.165) is 6.08 Å². The molecule has 0 aliphatic carbocycles. The summed E-state index contributed by atoms with van der Waals surface area (Å²) in [5, 5.41) is 11.1. The zero-order valence-electron chi connectivity index (χ0n) is 12.2. The number of carbonyl (C=O) groups is 3. The van der Waals surface area contributed by atoms with Gasteiger partial charge in [-0.2, -0.15) is 0 Å². The predicted molar refractivity (Wildman–Crippen MR) is 78.9 cm³/mol. The third-order valence-corrected chi connectivity index (χ3v) is 3.02. The SMILES string of the molecule is CNC(=O)CN(C)C(=O)c1cccc(C=CC(=O)O)c1C. The highest BCUT2D eigenvalue weighted by Gasteiger charge is 2.17. The van der Waals surface area contributed by atoms with Crippen LogP contribution in [0.25, 0.3) is 6.08 Å². The average molecular weight is 290 g/mol. The number of amides is 2. The summed E-state index contributed by atoms with van der Waals surface area (Å²) in [5.41, 5.74) is 1.76. The second-order valence-corrected chi connectivity index (χ2v) is 4.53. The van der Waals surface area contributed by atoms with E-state index in [9.17, 15) is 14.4 Å². The molecule has 0 unspecified atom stereocenters. The van der Waals surface area contributed by atoms with Gasteiger partial charge in [0, 0.05) is 25.7 Å². The van der Waals surface area contributed by atoms with Gasteiger partial charge in [0.05, 0.1) is 6.54 Å². The largest absolute Gasteiger partial charge is 0.478 e. The Kier molecular flexibility index (Phi) is 5.66. The molecule has 0 aromatic heterocycles. The number of nitrogens with zero attached hydrogens (tertiary/aromatic N) is 1. The van der Waals surface area contributed by atoms with Gasteiger partial charge in [0.1, 0.15) is 0 Å². The van der Waals surface area contributed by atoms with E-state index in [-0.39, 0.29) is 18.4 Å². The fourth-order valence-electron chi connectivity index (χ4n) is 1.80. The Hall–Kier alpha value is -2.63. The van der Waals surface area contributed by atoms with Crippen LogP contribution in [0.1, 0.15) is 21.5 Å². The maximum absolute atomic E-state index is 12.3. The molecule has 0 fully saturated rings. The van der Waals surface area contributed by atoms with Crippen molar-refractivity contribution in [3.8, 4) is 0 Å². The van der Waals surface area contributed by atoms with Gasteiger partial charge in [0.2, 0.25) is 5.91 Å². The zero-order chi connectivity index (χ0) is 16.0. The van der Waals surface area contributed by atoms with Crippen molar-refractivity contribution < 1.29 is 19.5 Å². The van der Waals surface area contributed by atoms with Gasteiger partial charge >= 0.3 is 5.97 Å². The van der Waals surface area contributed by atoms with Crippen molar-refractivity contribution in [1.29, 1.82) is 0 Å². The molecule has 112 valence electrons. The summed E-state index contributed by atoms with van der Waals surface area (Å²) in [6, 6.07) is 5.05. The number of carboxylic acid groups (broad SMARTS) is 1. The number of aliphatic carboxylic acids is 1. The van der Waals surface area contributed by atoms with Crippen molar-refractivity contribution >= 4 is 23.9 Å². The fraction of sp³-hybridized carbons (Fsp3) is 0.267. The minimum absolute atomic E-state index is 0.0377. The molecule has 0 saturated heterocycles. The third-order valence-electron chi connectivity index (χ3n) is 3.02. The predicted octanol–water partition coefficient (Wildman–Crippen LogP) is 0.911. The highest BCUT2D eigenvalue weighted by Crippen LogP contribution is 2.17. The molecule has 0 saturated carbocycles. The van der Waals surface area contributed by atoms with E-state index in [4.69, 9.17) is 5.11 Å². The van der Waals surface area contributed by atoms with Crippen LogP contribution < -0.4 is 5.32 Å². The van der Waals surface area contributed by atoms with Gasteiger partial charge in [-0.15, -0.1) is 0 Å². The van der Waals surface area contributed by atoms with Crippen molar-refractivity contribution in [3.63, 3.8) is 0 Å². The molecule has 21 heavy (non-hydrogen) atoms. The average Bonchev–Trinajstić information content (AvgIpc) is 2.45. The van der Waals surface area contributed by atoms with Crippen molar-refractivity contribution in [3.05, 3.63) is 41.0 Å². The normalized spacial score (nSPS) is 10.4. The molecule has 6 heteroatoms. The number of nitrogens with one attached hydrogen (secondary N) is 1. The minimum Gasteiger partial charge on any atom is -0.478 e. The maximum atomic E-state index is 12.3. The molecule has 2 N–H and O–H groups in total. The highest BCUT2D eigenvalue weighted by molar-refractivity contribution is 5.98. The van der Waals surface area contributed by atoms with Crippen molar-refractivity contribution in [2.45, 2.75) is 6.92 Å². The lowest BCUT2D eigenvalue weighted by Gasteiger charge is -2.18. The van der Waals surface area contributed by atoms with Gasteiger partial charge in [-0.3, -0.25) is 9.59 Å². The lowest BCUT2D eigenvalue weighted by atomic mass is 10.0. The van der Waals surface area contributed by atoms with Crippen molar-refractivity contribution in [1.82, 2.24) is 10.2 Å². The number of carbonyl (C=O) groups excluding carboxylic acids is 2. The zero-order valence-corrected chi connectivity index (χ0v) is 12.2. The summed E-state index contributed by atoms with van der Waals surface area (Å²) in [6.45, 7) is 1.70. The first-order valence-electron chi connectivity index (χ1n) is 6.33. The fourth-order valence-corrected chi connectivity index (χ4v) is 1.80. The van der Waals surface area contributed by atoms with E-state index in [2.05, 4.69) is 5.32 Å². The van der Waals surface area contributed by atoms with E-state index in [0.29, 0.717) is 16.7 Å². The molecule has 1 rings (SSSR count). The molecule has 0 spiro atoms. The molecule has 6 nitrogen and oxygen atoms in total. The van der Waals surface area contributed by atoms with Crippen LogP contribution in [-0.2, 0) is 9.59 Å². The second-order valence-electron chi connectivity index (χ2n) is 4.53. The quantitative estimate of drug-likeness (QED) is 0.789. The van der Waals surface area contributed by atoms with Crippen LogP contribution in [0.3, 0.4) is 0 Å². The molecular weight excluding hydrogens is 272 g/mol. The van der Waals surface area contributed by atoms with Gasteiger partial charge in [-0.05, 0) is 30.2 Å². The van der Waals surface area contributed by atoms with E-state index < -0.39 is 5.97 Å². The van der Waals surface area contributed by atoms with Gasteiger partial charge in [-0.25, -0.2) is 4.79 Å². The number of benzene rings is 1. The van der Waals surface area contributed by atoms with Crippen LogP contribution in [0.2, 0.25) is 0 Å². The van der Waals surface area contributed by atoms with Crippen LogP contribution in [0.5, 0.6) is 0 Å². The van der Waals surface area contributed by atoms with Crippen LogP contribution in [-0.4, -0.2) is 48.4 Å². The van der Waals surface area contributed by atoms with E-state index >= 15 is 0 Å². The summed E-state index contributed by atoms with van der Waals surface area (Å²) in [4.78, 5) is 35.5. The Labute approximate surface area is 123 Å². The first kappa shape index (κ1) is 16.4.